The van der Waals surface area contributed by atoms with E-state index in [-0.39, 0.29) is 6.54 Å². The summed E-state index contributed by atoms with van der Waals surface area (Å²) in [5, 5.41) is 9.73. The van der Waals surface area contributed by atoms with Crippen molar-refractivity contribution in [3.8, 4) is 0 Å². The number of carboxylic acid groups (broad SMARTS) is 1. The van der Waals surface area contributed by atoms with Crippen LogP contribution in [0.1, 0.15) is 21.6 Å². The SMILES string of the molecule is O=C(O)c1ccc(S(=O)(=O)NCc2cc3ccccc3[nH]2)cc1C(F)(F)F. The Balaban J connectivity index is 1.89. The zero-order chi connectivity index (χ0) is 19.8. The Labute approximate surface area is 151 Å². The Hall–Kier alpha value is -2.85. The van der Waals surface area contributed by atoms with E-state index in [1.165, 1.54) is 0 Å². The van der Waals surface area contributed by atoms with Crippen LogP contribution in [-0.2, 0) is 22.7 Å². The first-order chi connectivity index (χ1) is 12.6. The fourth-order valence-corrected chi connectivity index (χ4v) is 3.63. The van der Waals surface area contributed by atoms with Crippen LogP contribution in [0, 0.1) is 0 Å². The summed E-state index contributed by atoms with van der Waals surface area (Å²) >= 11 is 0. The summed E-state index contributed by atoms with van der Waals surface area (Å²) in [5.74, 6) is -1.79. The molecule has 0 aliphatic carbocycles. The van der Waals surface area contributed by atoms with Gasteiger partial charge >= 0.3 is 12.1 Å². The van der Waals surface area contributed by atoms with Crippen molar-refractivity contribution >= 4 is 26.9 Å². The predicted molar refractivity (Wildman–Crippen MR) is 90.7 cm³/mol. The Bertz CT molecular complexity index is 1090. The molecule has 1 heterocycles. The Kier molecular flexibility index (Phi) is 4.70. The number of rotatable bonds is 5. The number of carboxylic acids is 1. The van der Waals surface area contributed by atoms with Gasteiger partial charge in [0.1, 0.15) is 0 Å². The molecule has 0 saturated carbocycles. The van der Waals surface area contributed by atoms with Crippen LogP contribution in [0.25, 0.3) is 10.9 Å². The van der Waals surface area contributed by atoms with Gasteiger partial charge in [0.05, 0.1) is 22.6 Å². The van der Waals surface area contributed by atoms with E-state index in [0.29, 0.717) is 17.8 Å². The van der Waals surface area contributed by atoms with Gasteiger partial charge in [0.15, 0.2) is 0 Å². The molecule has 0 unspecified atom stereocenters. The van der Waals surface area contributed by atoms with Gasteiger partial charge < -0.3 is 10.1 Å². The molecule has 0 saturated heterocycles. The third-order valence-corrected chi connectivity index (χ3v) is 5.27. The number of nitrogens with one attached hydrogen (secondary N) is 2. The van der Waals surface area contributed by atoms with Gasteiger partial charge in [0.2, 0.25) is 10.0 Å². The molecule has 0 atom stereocenters. The average molecular weight is 398 g/mol. The minimum absolute atomic E-state index is 0.168. The molecule has 6 nitrogen and oxygen atoms in total. The van der Waals surface area contributed by atoms with Crippen LogP contribution >= 0.6 is 0 Å². The second-order valence-corrected chi connectivity index (χ2v) is 7.48. The van der Waals surface area contributed by atoms with Gasteiger partial charge in [0, 0.05) is 11.2 Å². The van der Waals surface area contributed by atoms with Gasteiger partial charge in [-0.3, -0.25) is 0 Å². The lowest BCUT2D eigenvalue weighted by atomic mass is 10.1. The van der Waals surface area contributed by atoms with Gasteiger partial charge in [-0.2, -0.15) is 13.2 Å². The largest absolute Gasteiger partial charge is 0.478 e. The van der Waals surface area contributed by atoms with Crippen LogP contribution in [0.4, 0.5) is 13.2 Å². The molecule has 3 aromatic rings. The summed E-state index contributed by atoms with van der Waals surface area (Å²) in [5.41, 5.74) is -1.23. The molecule has 0 bridgehead atoms. The maximum absolute atomic E-state index is 13.1. The fourth-order valence-electron chi connectivity index (χ4n) is 2.60. The van der Waals surface area contributed by atoms with Crippen molar-refractivity contribution < 1.29 is 31.5 Å². The molecular formula is C17H13F3N2O4S. The Morgan fingerprint density at radius 3 is 2.44 bits per heavy atom. The third kappa shape index (κ3) is 3.96. The highest BCUT2D eigenvalue weighted by Crippen LogP contribution is 2.33. The first kappa shape index (κ1) is 18.9. The van der Waals surface area contributed by atoms with Gasteiger partial charge in [-0.15, -0.1) is 0 Å². The molecule has 3 rings (SSSR count). The quantitative estimate of drug-likeness (QED) is 0.614. The predicted octanol–water partition coefficient (Wildman–Crippen LogP) is 3.36. The Morgan fingerprint density at radius 2 is 1.81 bits per heavy atom. The van der Waals surface area contributed by atoms with Crippen LogP contribution in [0.15, 0.2) is 53.4 Å². The molecule has 2 aromatic carbocycles. The summed E-state index contributed by atoms with van der Waals surface area (Å²) < 4.78 is 66.1. The van der Waals surface area contributed by atoms with Gasteiger partial charge in [-0.05, 0) is 35.7 Å². The number of carbonyl (C=O) groups is 1. The van der Waals surface area contributed by atoms with E-state index in [0.717, 1.165) is 17.0 Å². The standard InChI is InChI=1S/C17H13F3N2O4S/c18-17(19,20)14-8-12(5-6-13(14)16(23)24)27(25,26)21-9-11-7-10-3-1-2-4-15(10)22-11/h1-8,21-22H,9H2,(H,23,24). The van der Waals surface area contributed by atoms with E-state index in [1.807, 2.05) is 12.1 Å². The molecule has 3 N–H and O–H groups in total. The molecule has 0 aliphatic heterocycles. The molecular weight excluding hydrogens is 385 g/mol. The molecule has 10 heteroatoms. The molecule has 27 heavy (non-hydrogen) atoms. The second kappa shape index (κ2) is 6.71. The number of benzene rings is 2. The molecule has 142 valence electrons. The lowest BCUT2D eigenvalue weighted by molar-refractivity contribution is -0.138. The number of halogens is 3. The average Bonchev–Trinajstić information content (AvgIpc) is 3.02. The summed E-state index contributed by atoms with van der Waals surface area (Å²) in [6.07, 6.45) is -5.00. The normalized spacial score (nSPS) is 12.4. The molecule has 0 amide bonds. The minimum atomic E-state index is -5.00. The molecule has 0 fully saturated rings. The zero-order valence-electron chi connectivity index (χ0n) is 13.5. The first-order valence-electron chi connectivity index (χ1n) is 7.59. The smallest absolute Gasteiger partial charge is 0.417 e. The number of aromatic carboxylic acids is 1. The number of sulfonamides is 1. The van der Waals surface area contributed by atoms with Crippen LogP contribution in [0.2, 0.25) is 0 Å². The van der Waals surface area contributed by atoms with Crippen molar-refractivity contribution in [2.45, 2.75) is 17.6 Å². The van der Waals surface area contributed by atoms with E-state index >= 15 is 0 Å². The van der Waals surface area contributed by atoms with Crippen molar-refractivity contribution in [1.29, 1.82) is 0 Å². The van der Waals surface area contributed by atoms with Crippen molar-refractivity contribution in [3.63, 3.8) is 0 Å². The summed E-state index contributed by atoms with van der Waals surface area (Å²) in [7, 11) is -4.28. The maximum Gasteiger partial charge on any atom is 0.417 e. The summed E-state index contributed by atoms with van der Waals surface area (Å²) in [4.78, 5) is 13.3. The molecule has 0 spiro atoms. The van der Waals surface area contributed by atoms with Gasteiger partial charge in [-0.1, -0.05) is 18.2 Å². The number of hydrogen-bond acceptors (Lipinski definition) is 3. The van der Waals surface area contributed by atoms with E-state index in [1.54, 1.807) is 18.2 Å². The van der Waals surface area contributed by atoms with Crippen molar-refractivity contribution in [1.82, 2.24) is 9.71 Å². The highest BCUT2D eigenvalue weighted by molar-refractivity contribution is 7.89. The number of aromatic amines is 1. The van der Waals surface area contributed by atoms with Crippen LogP contribution in [0.5, 0.6) is 0 Å². The summed E-state index contributed by atoms with van der Waals surface area (Å²) in [6, 6.07) is 10.7. The number of fused-ring (bicyclic) bond motifs is 1. The number of H-pyrrole nitrogens is 1. The highest BCUT2D eigenvalue weighted by Gasteiger charge is 2.36. The van der Waals surface area contributed by atoms with Gasteiger partial charge in [0.25, 0.3) is 0 Å². The molecule has 0 aliphatic rings. The van der Waals surface area contributed by atoms with E-state index in [4.69, 9.17) is 5.11 Å². The van der Waals surface area contributed by atoms with Gasteiger partial charge in [-0.25, -0.2) is 17.9 Å². The first-order valence-corrected chi connectivity index (χ1v) is 9.07. The number of para-hydroxylation sites is 1. The number of alkyl halides is 3. The van der Waals surface area contributed by atoms with Crippen molar-refractivity contribution in [2.24, 2.45) is 0 Å². The van der Waals surface area contributed by atoms with Crippen LogP contribution in [-0.4, -0.2) is 24.5 Å². The minimum Gasteiger partial charge on any atom is -0.478 e. The topological polar surface area (TPSA) is 99.3 Å². The third-order valence-electron chi connectivity index (χ3n) is 3.88. The molecule has 1 aromatic heterocycles. The maximum atomic E-state index is 13.1. The van der Waals surface area contributed by atoms with Crippen LogP contribution in [0.3, 0.4) is 0 Å². The zero-order valence-corrected chi connectivity index (χ0v) is 14.4. The monoisotopic (exact) mass is 398 g/mol. The van der Waals surface area contributed by atoms with Crippen molar-refractivity contribution in [2.75, 3.05) is 0 Å². The van der Waals surface area contributed by atoms with Crippen molar-refractivity contribution in [3.05, 3.63) is 65.4 Å². The Morgan fingerprint density at radius 1 is 1.11 bits per heavy atom. The lowest BCUT2D eigenvalue weighted by Gasteiger charge is -2.13. The highest BCUT2D eigenvalue weighted by atomic mass is 32.2. The summed E-state index contributed by atoms with van der Waals surface area (Å²) in [6.45, 7) is -0.168. The van der Waals surface area contributed by atoms with E-state index in [9.17, 15) is 26.4 Å². The second-order valence-electron chi connectivity index (χ2n) is 5.72. The van der Waals surface area contributed by atoms with Crippen LogP contribution < -0.4 is 4.72 Å². The number of aromatic nitrogens is 1. The van der Waals surface area contributed by atoms with E-state index < -0.39 is 38.2 Å². The van der Waals surface area contributed by atoms with E-state index in [2.05, 4.69) is 9.71 Å². The molecule has 0 radical (unpaired) electrons. The number of hydrogen-bond donors (Lipinski definition) is 3. The lowest BCUT2D eigenvalue weighted by Crippen LogP contribution is -2.24. The fraction of sp³-hybridized carbons (Fsp3) is 0.118.